The Balaban J connectivity index is 1.08. The van der Waals surface area contributed by atoms with Crippen molar-refractivity contribution in [3.63, 3.8) is 0 Å². The minimum Gasteiger partial charge on any atom is -0.134 e. The first kappa shape index (κ1) is 31.8. The monoisotopic (exact) mass is 728 g/mol. The molecule has 1 heterocycles. The van der Waals surface area contributed by atoms with Gasteiger partial charge < -0.3 is 0 Å². The van der Waals surface area contributed by atoms with Crippen LogP contribution in [0.1, 0.15) is 25.0 Å². The number of fused-ring (bicyclic) bond motifs is 12. The van der Waals surface area contributed by atoms with Gasteiger partial charge in [-0.3, -0.25) is 0 Å². The molecule has 0 spiro atoms. The molecule has 56 heavy (non-hydrogen) atoms. The van der Waals surface area contributed by atoms with E-state index in [1.165, 1.54) is 119 Å². The van der Waals surface area contributed by atoms with E-state index in [0.29, 0.717) is 0 Å². The van der Waals surface area contributed by atoms with Crippen LogP contribution in [0.2, 0.25) is 0 Å². The van der Waals surface area contributed by atoms with Crippen LogP contribution in [-0.4, -0.2) is 0 Å². The van der Waals surface area contributed by atoms with Gasteiger partial charge in [-0.15, -0.1) is 11.3 Å². The number of hydrogen-bond donors (Lipinski definition) is 0. The molecule has 0 amide bonds. The molecule has 1 aliphatic carbocycles. The second-order valence-electron chi connectivity index (χ2n) is 16.0. The lowest BCUT2D eigenvalue weighted by molar-refractivity contribution is 0.667. The standard InChI is InChI=1S/C55H36S/c1-55(2)47-23-13-12-22-44(47)51-46(32-48-52(53(51)55)45-29-28-33-14-6-7-17-39(33)54(45)56-48)37-26-24-36-31-38(27-25-35(36)30-37)50-42-20-10-8-18-40(42)49(34-15-4-3-5-16-34)41-19-9-11-21-43(41)50/h3-32H,1-2H3. The van der Waals surface area contributed by atoms with Gasteiger partial charge in [-0.2, -0.15) is 0 Å². The number of benzene rings is 10. The molecule has 0 fully saturated rings. The Hall–Kier alpha value is -6.54. The van der Waals surface area contributed by atoms with Crippen molar-refractivity contribution in [3.05, 3.63) is 193 Å². The van der Waals surface area contributed by atoms with E-state index in [-0.39, 0.29) is 5.41 Å². The van der Waals surface area contributed by atoms with Crippen molar-refractivity contribution < 1.29 is 0 Å². The van der Waals surface area contributed by atoms with Gasteiger partial charge >= 0.3 is 0 Å². The summed E-state index contributed by atoms with van der Waals surface area (Å²) >= 11 is 1.95. The predicted octanol–water partition coefficient (Wildman–Crippen LogP) is 16.0. The average molecular weight is 729 g/mol. The molecule has 0 bridgehead atoms. The van der Waals surface area contributed by atoms with Crippen molar-refractivity contribution in [1.29, 1.82) is 0 Å². The zero-order chi connectivity index (χ0) is 37.1. The molecular weight excluding hydrogens is 693 g/mol. The summed E-state index contributed by atoms with van der Waals surface area (Å²) in [5.74, 6) is 0. The Kier molecular flexibility index (Phi) is 6.66. The predicted molar refractivity (Wildman–Crippen MR) is 243 cm³/mol. The summed E-state index contributed by atoms with van der Waals surface area (Å²) in [6.07, 6.45) is 0. The molecule has 0 nitrogen and oxygen atoms in total. The Bertz CT molecular complexity index is 3380. The maximum atomic E-state index is 2.49. The molecule has 1 aliphatic rings. The van der Waals surface area contributed by atoms with E-state index in [0.717, 1.165) is 0 Å². The molecule has 0 saturated heterocycles. The van der Waals surface area contributed by atoms with Crippen LogP contribution in [-0.2, 0) is 5.41 Å². The lowest BCUT2D eigenvalue weighted by Gasteiger charge is -2.23. The summed E-state index contributed by atoms with van der Waals surface area (Å²) < 4.78 is 2.74. The van der Waals surface area contributed by atoms with Gasteiger partial charge in [-0.05, 0) is 117 Å². The van der Waals surface area contributed by atoms with Crippen LogP contribution in [0.25, 0.3) is 108 Å². The van der Waals surface area contributed by atoms with Crippen molar-refractivity contribution >= 4 is 74.6 Å². The van der Waals surface area contributed by atoms with E-state index in [9.17, 15) is 0 Å². The molecular formula is C55H36S. The fraction of sp³-hybridized carbons (Fsp3) is 0.0545. The third-order valence-electron chi connectivity index (χ3n) is 12.6. The highest BCUT2D eigenvalue weighted by Gasteiger charge is 2.39. The number of hydrogen-bond acceptors (Lipinski definition) is 1. The van der Waals surface area contributed by atoms with Gasteiger partial charge in [0.05, 0.1) is 0 Å². The van der Waals surface area contributed by atoms with Gasteiger partial charge in [0.25, 0.3) is 0 Å². The van der Waals surface area contributed by atoms with Crippen LogP contribution in [0.4, 0.5) is 0 Å². The lowest BCUT2D eigenvalue weighted by atomic mass is 9.79. The maximum Gasteiger partial charge on any atom is 0.0433 e. The zero-order valence-electron chi connectivity index (χ0n) is 31.2. The van der Waals surface area contributed by atoms with Gasteiger partial charge in [-0.25, -0.2) is 0 Å². The summed E-state index contributed by atoms with van der Waals surface area (Å²) in [5, 5.41) is 13.0. The van der Waals surface area contributed by atoms with E-state index in [1.807, 2.05) is 11.3 Å². The van der Waals surface area contributed by atoms with E-state index in [4.69, 9.17) is 0 Å². The molecule has 1 aromatic heterocycles. The lowest BCUT2D eigenvalue weighted by Crippen LogP contribution is -2.15. The molecule has 12 rings (SSSR count). The molecule has 11 aromatic rings. The van der Waals surface area contributed by atoms with Gasteiger partial charge in [0.2, 0.25) is 0 Å². The fourth-order valence-corrected chi connectivity index (χ4v) is 11.4. The van der Waals surface area contributed by atoms with Crippen molar-refractivity contribution in [2.75, 3.05) is 0 Å². The summed E-state index contributed by atoms with van der Waals surface area (Å²) in [4.78, 5) is 0. The second kappa shape index (κ2) is 11.7. The van der Waals surface area contributed by atoms with Crippen LogP contribution in [0.5, 0.6) is 0 Å². The largest absolute Gasteiger partial charge is 0.134 e. The van der Waals surface area contributed by atoms with Crippen molar-refractivity contribution in [3.8, 4) is 44.5 Å². The highest BCUT2D eigenvalue weighted by atomic mass is 32.1. The maximum absolute atomic E-state index is 2.49. The number of rotatable bonds is 3. The van der Waals surface area contributed by atoms with Crippen LogP contribution in [0.15, 0.2) is 182 Å². The SMILES string of the molecule is CC1(C)c2ccccc2-c2c(-c3ccc4cc(-c5c6ccccc6c(-c6ccccc6)c6ccccc56)ccc4c3)cc3sc4c5ccccc5ccc4c3c21. The molecule has 1 heteroatoms. The third kappa shape index (κ3) is 4.41. The molecule has 0 N–H and O–H groups in total. The first-order valence-electron chi connectivity index (χ1n) is 19.6. The minimum atomic E-state index is -0.132. The highest BCUT2D eigenvalue weighted by molar-refractivity contribution is 7.26. The summed E-state index contributed by atoms with van der Waals surface area (Å²) in [7, 11) is 0. The van der Waals surface area contributed by atoms with Crippen LogP contribution >= 0.6 is 11.3 Å². The molecule has 0 radical (unpaired) electrons. The molecule has 10 aromatic carbocycles. The third-order valence-corrected chi connectivity index (χ3v) is 13.8. The Morgan fingerprint density at radius 2 is 0.929 bits per heavy atom. The molecule has 0 unspecified atom stereocenters. The van der Waals surface area contributed by atoms with Gasteiger partial charge in [0.15, 0.2) is 0 Å². The second-order valence-corrected chi connectivity index (χ2v) is 17.0. The molecule has 0 aliphatic heterocycles. The van der Waals surface area contributed by atoms with Crippen molar-refractivity contribution in [2.24, 2.45) is 0 Å². The molecule has 0 saturated carbocycles. The quantitative estimate of drug-likeness (QED) is 0.159. The van der Waals surface area contributed by atoms with E-state index in [1.54, 1.807) is 0 Å². The molecule has 0 atom stereocenters. The first-order valence-corrected chi connectivity index (χ1v) is 20.4. The first-order chi connectivity index (χ1) is 27.5. The van der Waals surface area contributed by atoms with Gasteiger partial charge in [-0.1, -0.05) is 178 Å². The van der Waals surface area contributed by atoms with E-state index >= 15 is 0 Å². The van der Waals surface area contributed by atoms with E-state index < -0.39 is 0 Å². The van der Waals surface area contributed by atoms with Gasteiger partial charge in [0, 0.05) is 25.6 Å². The van der Waals surface area contributed by atoms with Crippen molar-refractivity contribution in [1.82, 2.24) is 0 Å². The summed E-state index contributed by atoms with van der Waals surface area (Å²) in [6.45, 7) is 4.85. The Labute approximate surface area is 329 Å². The topological polar surface area (TPSA) is 0 Å². The molecule has 262 valence electrons. The summed E-state index contributed by atoms with van der Waals surface area (Å²) in [6, 6.07) is 68.0. The van der Waals surface area contributed by atoms with Crippen LogP contribution < -0.4 is 0 Å². The smallest absolute Gasteiger partial charge is 0.0433 e. The fourth-order valence-electron chi connectivity index (χ4n) is 10.1. The minimum absolute atomic E-state index is 0.132. The highest BCUT2D eigenvalue weighted by Crippen LogP contribution is 2.57. The zero-order valence-corrected chi connectivity index (χ0v) is 32.0. The van der Waals surface area contributed by atoms with Crippen molar-refractivity contribution in [2.45, 2.75) is 19.3 Å². The number of thiophene rings is 1. The Morgan fingerprint density at radius 1 is 0.375 bits per heavy atom. The van der Waals surface area contributed by atoms with Crippen LogP contribution in [0.3, 0.4) is 0 Å². The Morgan fingerprint density at radius 3 is 1.64 bits per heavy atom. The van der Waals surface area contributed by atoms with Crippen LogP contribution in [0, 0.1) is 0 Å². The van der Waals surface area contributed by atoms with E-state index in [2.05, 4.69) is 196 Å². The normalized spacial score (nSPS) is 13.3. The van der Waals surface area contributed by atoms with Gasteiger partial charge in [0.1, 0.15) is 0 Å². The summed E-state index contributed by atoms with van der Waals surface area (Å²) in [5.41, 5.74) is 13.2. The average Bonchev–Trinajstić information content (AvgIpc) is 3.74.